The van der Waals surface area contributed by atoms with Gasteiger partial charge in [-0.3, -0.25) is 0 Å². The Morgan fingerprint density at radius 2 is 1.79 bits per heavy atom. The largest absolute Gasteiger partial charge is 0.416 e. The maximum absolute atomic E-state index is 13.6. The summed E-state index contributed by atoms with van der Waals surface area (Å²) < 4.78 is 66.4. The summed E-state index contributed by atoms with van der Waals surface area (Å²) in [5, 5.41) is 5.80. The molecule has 0 aliphatic rings. The third kappa shape index (κ3) is 3.84. The van der Waals surface area contributed by atoms with Crippen molar-refractivity contribution in [2.45, 2.75) is 12.6 Å². The molecule has 4 rings (SSSR count). The predicted octanol–water partition coefficient (Wildman–Crippen LogP) is 5.81. The standard InChI is InChI=1S/C20H10F5N3S/c21-18(22)17-10-16(12-3-6-14(7-4-12)20(23,24)25)27-19-13(11-26-28(17)19)5-8-15-2-1-9-29-15/h1-4,6-7,9-11,18H. The first-order valence-corrected chi connectivity index (χ1v) is 9.11. The Morgan fingerprint density at radius 1 is 1.03 bits per heavy atom. The summed E-state index contributed by atoms with van der Waals surface area (Å²) in [7, 11) is 0. The number of alkyl halides is 5. The summed E-state index contributed by atoms with van der Waals surface area (Å²) in [6, 6.07) is 8.93. The maximum atomic E-state index is 13.6. The quantitative estimate of drug-likeness (QED) is 0.303. The number of rotatable bonds is 2. The van der Waals surface area contributed by atoms with E-state index < -0.39 is 23.9 Å². The molecule has 0 amide bonds. The van der Waals surface area contributed by atoms with E-state index in [0.29, 0.717) is 5.56 Å². The minimum atomic E-state index is -4.49. The van der Waals surface area contributed by atoms with Gasteiger partial charge in [-0.1, -0.05) is 30.0 Å². The van der Waals surface area contributed by atoms with Crippen LogP contribution in [0.4, 0.5) is 22.0 Å². The third-order valence-electron chi connectivity index (χ3n) is 4.07. The van der Waals surface area contributed by atoms with Crippen molar-refractivity contribution in [3.05, 3.63) is 75.7 Å². The Hall–Kier alpha value is -3.25. The van der Waals surface area contributed by atoms with Gasteiger partial charge in [0.1, 0.15) is 5.69 Å². The zero-order valence-corrected chi connectivity index (χ0v) is 15.2. The fourth-order valence-electron chi connectivity index (χ4n) is 2.69. The van der Waals surface area contributed by atoms with Gasteiger partial charge in [-0.25, -0.2) is 18.3 Å². The summed E-state index contributed by atoms with van der Waals surface area (Å²) in [6.45, 7) is 0. The summed E-state index contributed by atoms with van der Waals surface area (Å²) in [5.74, 6) is 5.78. The van der Waals surface area contributed by atoms with E-state index in [1.807, 2.05) is 17.5 Å². The van der Waals surface area contributed by atoms with Crippen LogP contribution in [0.15, 0.2) is 54.0 Å². The maximum Gasteiger partial charge on any atom is 0.416 e. The van der Waals surface area contributed by atoms with Gasteiger partial charge in [0.25, 0.3) is 6.43 Å². The highest BCUT2D eigenvalue weighted by atomic mass is 32.1. The topological polar surface area (TPSA) is 30.2 Å². The minimum absolute atomic E-state index is 0.112. The highest BCUT2D eigenvalue weighted by Crippen LogP contribution is 2.32. The van der Waals surface area contributed by atoms with Crippen LogP contribution in [0.5, 0.6) is 0 Å². The number of fused-ring (bicyclic) bond motifs is 1. The monoisotopic (exact) mass is 419 g/mol. The van der Waals surface area contributed by atoms with Crippen molar-refractivity contribution in [3.8, 4) is 23.1 Å². The Balaban J connectivity index is 1.83. The van der Waals surface area contributed by atoms with Gasteiger partial charge >= 0.3 is 6.18 Å². The zero-order valence-electron chi connectivity index (χ0n) is 14.4. The molecule has 0 N–H and O–H groups in total. The molecule has 146 valence electrons. The number of thiophene rings is 1. The van der Waals surface area contributed by atoms with Gasteiger partial charge in [0.2, 0.25) is 0 Å². The van der Waals surface area contributed by atoms with E-state index in [1.54, 1.807) is 0 Å². The van der Waals surface area contributed by atoms with E-state index in [-0.39, 0.29) is 16.9 Å². The van der Waals surface area contributed by atoms with Gasteiger partial charge in [-0.05, 0) is 29.6 Å². The van der Waals surface area contributed by atoms with Crippen molar-refractivity contribution in [1.29, 1.82) is 0 Å². The number of nitrogens with zero attached hydrogens (tertiary/aromatic N) is 3. The van der Waals surface area contributed by atoms with Crippen LogP contribution in [0, 0.1) is 11.8 Å². The molecule has 4 aromatic rings. The molecular formula is C20H10F5N3S. The molecule has 29 heavy (non-hydrogen) atoms. The molecule has 3 nitrogen and oxygen atoms in total. The first kappa shape index (κ1) is 19.1. The molecule has 0 saturated carbocycles. The van der Waals surface area contributed by atoms with Crippen molar-refractivity contribution in [3.63, 3.8) is 0 Å². The third-order valence-corrected chi connectivity index (χ3v) is 4.86. The van der Waals surface area contributed by atoms with Crippen molar-refractivity contribution < 1.29 is 22.0 Å². The van der Waals surface area contributed by atoms with E-state index in [1.165, 1.54) is 29.7 Å². The number of benzene rings is 1. The highest BCUT2D eigenvalue weighted by Gasteiger charge is 2.30. The van der Waals surface area contributed by atoms with Crippen LogP contribution >= 0.6 is 11.3 Å². The Labute approximate surface area is 165 Å². The van der Waals surface area contributed by atoms with Gasteiger partial charge < -0.3 is 0 Å². The second kappa shape index (κ2) is 7.29. The summed E-state index contributed by atoms with van der Waals surface area (Å²) >= 11 is 1.43. The van der Waals surface area contributed by atoms with Crippen molar-refractivity contribution >= 4 is 17.0 Å². The summed E-state index contributed by atoms with van der Waals surface area (Å²) in [6.07, 6.45) is -6.00. The van der Waals surface area contributed by atoms with Crippen molar-refractivity contribution in [2.24, 2.45) is 0 Å². The molecule has 0 radical (unpaired) electrons. The molecule has 9 heteroatoms. The Morgan fingerprint density at radius 3 is 2.41 bits per heavy atom. The van der Waals surface area contributed by atoms with Gasteiger partial charge in [0.15, 0.2) is 5.65 Å². The molecule has 0 atom stereocenters. The number of aromatic nitrogens is 3. The fraction of sp³-hybridized carbons (Fsp3) is 0.100. The van der Waals surface area contributed by atoms with Crippen LogP contribution in [0.2, 0.25) is 0 Å². The lowest BCUT2D eigenvalue weighted by Crippen LogP contribution is -2.05. The van der Waals surface area contributed by atoms with E-state index in [4.69, 9.17) is 0 Å². The number of halogens is 5. The molecular weight excluding hydrogens is 409 g/mol. The Bertz CT molecular complexity index is 1210. The normalized spacial score (nSPS) is 11.7. The van der Waals surface area contributed by atoms with Gasteiger partial charge in [0, 0.05) is 5.56 Å². The average Bonchev–Trinajstić information content (AvgIpc) is 3.34. The van der Waals surface area contributed by atoms with Crippen LogP contribution in [0.1, 0.15) is 28.1 Å². The van der Waals surface area contributed by atoms with Crippen molar-refractivity contribution in [1.82, 2.24) is 14.6 Å². The molecule has 0 saturated heterocycles. The van der Waals surface area contributed by atoms with Gasteiger partial charge in [-0.15, -0.1) is 11.3 Å². The molecule has 0 aliphatic heterocycles. The second-order valence-electron chi connectivity index (χ2n) is 5.96. The number of hydrogen-bond acceptors (Lipinski definition) is 3. The SMILES string of the molecule is FC(F)c1cc(-c2ccc(C(F)(F)F)cc2)nc2c(C#Cc3cccs3)cnn12. The van der Waals surface area contributed by atoms with Crippen LogP contribution in [0.25, 0.3) is 16.9 Å². The second-order valence-corrected chi connectivity index (χ2v) is 6.91. The molecule has 0 aliphatic carbocycles. The fourth-order valence-corrected chi connectivity index (χ4v) is 3.26. The molecule has 3 aromatic heterocycles. The van der Waals surface area contributed by atoms with Crippen molar-refractivity contribution in [2.75, 3.05) is 0 Å². The minimum Gasteiger partial charge on any atom is -0.227 e. The summed E-state index contributed by atoms with van der Waals surface area (Å²) in [5.41, 5.74) is -0.407. The lowest BCUT2D eigenvalue weighted by Gasteiger charge is -2.10. The average molecular weight is 419 g/mol. The van der Waals surface area contributed by atoms with Gasteiger partial charge in [0.05, 0.1) is 27.9 Å². The van der Waals surface area contributed by atoms with Crippen LogP contribution in [-0.2, 0) is 6.18 Å². The predicted molar refractivity (Wildman–Crippen MR) is 98.7 cm³/mol. The van der Waals surface area contributed by atoms with Gasteiger partial charge in [-0.2, -0.15) is 18.3 Å². The Kier molecular flexibility index (Phi) is 4.80. The van der Waals surface area contributed by atoms with E-state index in [2.05, 4.69) is 21.9 Å². The molecule has 3 heterocycles. The van der Waals surface area contributed by atoms with Crippen LogP contribution in [0.3, 0.4) is 0 Å². The molecule has 1 aromatic carbocycles. The van der Waals surface area contributed by atoms with E-state index >= 15 is 0 Å². The highest BCUT2D eigenvalue weighted by molar-refractivity contribution is 7.10. The molecule has 0 fully saturated rings. The molecule has 0 bridgehead atoms. The molecule has 0 spiro atoms. The van der Waals surface area contributed by atoms with Crippen LogP contribution in [-0.4, -0.2) is 14.6 Å². The first-order valence-electron chi connectivity index (χ1n) is 8.23. The lowest BCUT2D eigenvalue weighted by atomic mass is 10.1. The zero-order chi connectivity index (χ0) is 20.6. The lowest BCUT2D eigenvalue weighted by molar-refractivity contribution is -0.137. The molecule has 0 unspecified atom stereocenters. The number of hydrogen-bond donors (Lipinski definition) is 0. The summed E-state index contributed by atoms with van der Waals surface area (Å²) in [4.78, 5) is 5.12. The van der Waals surface area contributed by atoms with Crippen LogP contribution < -0.4 is 0 Å². The first-order chi connectivity index (χ1) is 13.8. The van der Waals surface area contributed by atoms with E-state index in [0.717, 1.165) is 27.6 Å². The smallest absolute Gasteiger partial charge is 0.227 e. The van der Waals surface area contributed by atoms with E-state index in [9.17, 15) is 22.0 Å².